The highest BCUT2D eigenvalue weighted by Gasteiger charge is 2.02. The quantitative estimate of drug-likeness (QED) is 0.427. The van der Waals surface area contributed by atoms with Crippen molar-refractivity contribution in [2.45, 2.75) is 13.5 Å². The zero-order valence-corrected chi connectivity index (χ0v) is 10.6. The van der Waals surface area contributed by atoms with E-state index in [0.29, 0.717) is 0 Å². The van der Waals surface area contributed by atoms with Crippen molar-refractivity contribution >= 4 is 5.84 Å². The van der Waals surface area contributed by atoms with Gasteiger partial charge in [-0.3, -0.25) is 10.3 Å². The smallest absolute Gasteiger partial charge is 0.122 e. The molecule has 0 amide bonds. The number of nitrogens with one attached hydrogen (secondary N) is 1. The summed E-state index contributed by atoms with van der Waals surface area (Å²) in [4.78, 5) is 2.19. The van der Waals surface area contributed by atoms with Crippen LogP contribution in [-0.2, 0) is 11.3 Å². The molecule has 0 aliphatic rings. The van der Waals surface area contributed by atoms with Crippen molar-refractivity contribution < 1.29 is 4.74 Å². The van der Waals surface area contributed by atoms with E-state index in [1.807, 2.05) is 31.2 Å². The SMILES string of the molecule is CCOCCN(C)Cc1cccc(C(=N)N)c1. The summed E-state index contributed by atoms with van der Waals surface area (Å²) < 4.78 is 5.31. The first kappa shape index (κ1) is 13.7. The summed E-state index contributed by atoms with van der Waals surface area (Å²) in [5.74, 6) is 0.115. The summed E-state index contributed by atoms with van der Waals surface area (Å²) >= 11 is 0. The van der Waals surface area contributed by atoms with Crippen LogP contribution in [0.1, 0.15) is 18.1 Å². The second-order valence-electron chi connectivity index (χ2n) is 4.05. The number of amidine groups is 1. The van der Waals surface area contributed by atoms with Crippen molar-refractivity contribution in [2.75, 3.05) is 26.8 Å². The van der Waals surface area contributed by atoms with Gasteiger partial charge in [-0.25, -0.2) is 0 Å². The van der Waals surface area contributed by atoms with Crippen LogP contribution in [0.25, 0.3) is 0 Å². The van der Waals surface area contributed by atoms with E-state index in [9.17, 15) is 0 Å². The van der Waals surface area contributed by atoms with Gasteiger partial charge in [0.25, 0.3) is 0 Å². The summed E-state index contributed by atoms with van der Waals surface area (Å²) in [5, 5.41) is 7.39. The lowest BCUT2D eigenvalue weighted by molar-refractivity contribution is 0.120. The predicted molar refractivity (Wildman–Crippen MR) is 70.3 cm³/mol. The summed E-state index contributed by atoms with van der Waals surface area (Å²) in [7, 11) is 2.06. The van der Waals surface area contributed by atoms with Crippen molar-refractivity contribution in [3.63, 3.8) is 0 Å². The van der Waals surface area contributed by atoms with Crippen LogP contribution < -0.4 is 5.73 Å². The minimum Gasteiger partial charge on any atom is -0.384 e. The molecule has 4 nitrogen and oxygen atoms in total. The van der Waals surface area contributed by atoms with Crippen molar-refractivity contribution in [3.05, 3.63) is 35.4 Å². The average Bonchev–Trinajstić information content (AvgIpc) is 2.29. The van der Waals surface area contributed by atoms with Crippen molar-refractivity contribution in [1.82, 2.24) is 4.90 Å². The first-order valence-electron chi connectivity index (χ1n) is 5.83. The van der Waals surface area contributed by atoms with Crippen LogP contribution >= 0.6 is 0 Å². The molecule has 1 rings (SSSR count). The molecule has 0 fully saturated rings. The highest BCUT2D eigenvalue weighted by atomic mass is 16.5. The monoisotopic (exact) mass is 235 g/mol. The second kappa shape index (κ2) is 7.04. The third kappa shape index (κ3) is 4.97. The van der Waals surface area contributed by atoms with Gasteiger partial charge in [0.05, 0.1) is 6.61 Å². The molecule has 0 bridgehead atoms. The molecule has 1 aromatic carbocycles. The number of benzene rings is 1. The predicted octanol–water partition coefficient (Wildman–Crippen LogP) is 1.44. The van der Waals surface area contributed by atoms with Crippen LogP contribution in [0.4, 0.5) is 0 Å². The minimum absolute atomic E-state index is 0.115. The van der Waals surface area contributed by atoms with Crippen LogP contribution in [0, 0.1) is 5.41 Å². The number of likely N-dealkylation sites (N-methyl/N-ethyl adjacent to an activating group) is 1. The zero-order chi connectivity index (χ0) is 12.7. The number of rotatable bonds is 7. The molecule has 0 saturated carbocycles. The van der Waals surface area contributed by atoms with Gasteiger partial charge in [-0.2, -0.15) is 0 Å². The van der Waals surface area contributed by atoms with E-state index in [1.54, 1.807) is 0 Å². The van der Waals surface area contributed by atoms with Crippen LogP contribution in [0.2, 0.25) is 0 Å². The van der Waals surface area contributed by atoms with Gasteiger partial charge >= 0.3 is 0 Å². The molecule has 0 unspecified atom stereocenters. The number of nitrogen functional groups attached to an aromatic ring is 1. The van der Waals surface area contributed by atoms with Crippen LogP contribution in [0.5, 0.6) is 0 Å². The summed E-state index contributed by atoms with van der Waals surface area (Å²) in [6.45, 7) is 5.25. The van der Waals surface area contributed by atoms with E-state index in [1.165, 1.54) is 0 Å². The number of nitrogens with zero attached hydrogens (tertiary/aromatic N) is 1. The Kier molecular flexibility index (Phi) is 5.66. The van der Waals surface area contributed by atoms with E-state index in [0.717, 1.165) is 37.4 Å². The topological polar surface area (TPSA) is 62.3 Å². The van der Waals surface area contributed by atoms with Crippen molar-refractivity contribution in [3.8, 4) is 0 Å². The molecule has 0 aliphatic heterocycles. The number of nitrogens with two attached hydrogens (primary N) is 1. The van der Waals surface area contributed by atoms with E-state index in [2.05, 4.69) is 11.9 Å². The van der Waals surface area contributed by atoms with Gasteiger partial charge < -0.3 is 10.5 Å². The Morgan fingerprint density at radius 3 is 2.88 bits per heavy atom. The third-order valence-electron chi connectivity index (χ3n) is 2.51. The van der Waals surface area contributed by atoms with Gasteiger partial charge in [-0.05, 0) is 25.6 Å². The number of hydrogen-bond donors (Lipinski definition) is 2. The molecule has 4 heteroatoms. The standard InChI is InChI=1S/C13H21N3O/c1-3-17-8-7-16(2)10-11-5-4-6-12(9-11)13(14)15/h4-6,9H,3,7-8,10H2,1-2H3,(H3,14,15). The maximum Gasteiger partial charge on any atom is 0.122 e. The number of hydrogen-bond acceptors (Lipinski definition) is 3. The van der Waals surface area contributed by atoms with E-state index >= 15 is 0 Å². The molecule has 0 heterocycles. The normalized spacial score (nSPS) is 10.8. The maximum absolute atomic E-state index is 7.39. The van der Waals surface area contributed by atoms with E-state index < -0.39 is 0 Å². The lowest BCUT2D eigenvalue weighted by Crippen LogP contribution is -2.23. The van der Waals surface area contributed by atoms with E-state index in [-0.39, 0.29) is 5.84 Å². The zero-order valence-electron chi connectivity index (χ0n) is 10.6. The molecule has 0 atom stereocenters. The first-order chi connectivity index (χ1) is 8.13. The van der Waals surface area contributed by atoms with Gasteiger partial charge in [0, 0.05) is 25.3 Å². The molecule has 0 aromatic heterocycles. The molecular formula is C13H21N3O. The molecule has 3 N–H and O–H groups in total. The lowest BCUT2D eigenvalue weighted by atomic mass is 10.1. The Hall–Kier alpha value is -1.39. The molecule has 0 aliphatic carbocycles. The Morgan fingerprint density at radius 2 is 2.24 bits per heavy atom. The van der Waals surface area contributed by atoms with Crippen LogP contribution in [0.3, 0.4) is 0 Å². The van der Waals surface area contributed by atoms with Gasteiger partial charge in [-0.15, -0.1) is 0 Å². The van der Waals surface area contributed by atoms with Gasteiger partial charge in [0.1, 0.15) is 5.84 Å². The maximum atomic E-state index is 7.39. The largest absolute Gasteiger partial charge is 0.384 e. The summed E-state index contributed by atoms with van der Waals surface area (Å²) in [6, 6.07) is 7.79. The Morgan fingerprint density at radius 1 is 1.47 bits per heavy atom. The molecule has 17 heavy (non-hydrogen) atoms. The number of ether oxygens (including phenoxy) is 1. The minimum atomic E-state index is 0.115. The lowest BCUT2D eigenvalue weighted by Gasteiger charge is -2.16. The highest BCUT2D eigenvalue weighted by Crippen LogP contribution is 2.07. The molecule has 94 valence electrons. The van der Waals surface area contributed by atoms with Gasteiger partial charge in [0.15, 0.2) is 0 Å². The van der Waals surface area contributed by atoms with E-state index in [4.69, 9.17) is 15.9 Å². The van der Waals surface area contributed by atoms with Gasteiger partial charge in [-0.1, -0.05) is 18.2 Å². The van der Waals surface area contributed by atoms with Crippen molar-refractivity contribution in [2.24, 2.45) is 5.73 Å². The second-order valence-corrected chi connectivity index (χ2v) is 4.05. The third-order valence-corrected chi connectivity index (χ3v) is 2.51. The summed E-state index contributed by atoms with van der Waals surface area (Å²) in [5.41, 5.74) is 7.40. The molecular weight excluding hydrogens is 214 g/mol. The Bertz CT molecular complexity index is 365. The highest BCUT2D eigenvalue weighted by molar-refractivity contribution is 5.95. The molecule has 1 aromatic rings. The average molecular weight is 235 g/mol. The summed E-state index contributed by atoms with van der Waals surface area (Å²) in [6.07, 6.45) is 0. The van der Waals surface area contributed by atoms with Crippen LogP contribution in [-0.4, -0.2) is 37.5 Å². The fourth-order valence-corrected chi connectivity index (χ4v) is 1.59. The van der Waals surface area contributed by atoms with Crippen molar-refractivity contribution in [1.29, 1.82) is 5.41 Å². The Balaban J connectivity index is 2.50. The molecule has 0 spiro atoms. The first-order valence-corrected chi connectivity index (χ1v) is 5.83. The van der Waals surface area contributed by atoms with Crippen LogP contribution in [0.15, 0.2) is 24.3 Å². The fourth-order valence-electron chi connectivity index (χ4n) is 1.59. The molecule has 0 radical (unpaired) electrons. The fraction of sp³-hybridized carbons (Fsp3) is 0.462. The van der Waals surface area contributed by atoms with Gasteiger partial charge in [0.2, 0.25) is 0 Å². The Labute approximate surface area is 103 Å². The molecule has 0 saturated heterocycles.